The summed E-state index contributed by atoms with van der Waals surface area (Å²) in [7, 11) is 0. The van der Waals surface area contributed by atoms with Gasteiger partial charge in [-0.1, -0.05) is 23.8 Å². The van der Waals surface area contributed by atoms with E-state index in [9.17, 15) is 4.39 Å². The molecule has 0 saturated carbocycles. The third-order valence-corrected chi connectivity index (χ3v) is 4.26. The van der Waals surface area contributed by atoms with Crippen LogP contribution in [0.5, 0.6) is 5.75 Å². The predicted octanol–water partition coefficient (Wildman–Crippen LogP) is 4.42. The average Bonchev–Trinajstić information content (AvgIpc) is 2.42. The summed E-state index contributed by atoms with van der Waals surface area (Å²) in [5, 5.41) is 0. The van der Waals surface area contributed by atoms with Crippen LogP contribution >= 0.6 is 15.9 Å². The van der Waals surface area contributed by atoms with Crippen LogP contribution in [0.3, 0.4) is 0 Å². The van der Waals surface area contributed by atoms with E-state index in [-0.39, 0.29) is 18.0 Å². The fourth-order valence-electron chi connectivity index (χ4n) is 2.54. The van der Waals surface area contributed by atoms with Crippen molar-refractivity contribution in [2.45, 2.75) is 25.5 Å². The van der Waals surface area contributed by atoms with Crippen LogP contribution in [0.15, 0.2) is 40.9 Å². The molecule has 0 amide bonds. The van der Waals surface area contributed by atoms with E-state index in [0.717, 1.165) is 22.4 Å². The Labute approximate surface area is 125 Å². The average molecular weight is 336 g/mol. The fourth-order valence-corrected chi connectivity index (χ4v) is 2.79. The van der Waals surface area contributed by atoms with Crippen molar-refractivity contribution in [1.82, 2.24) is 0 Å². The Bertz CT molecular complexity index is 659. The number of nitrogens with two attached hydrogens (primary N) is 1. The van der Waals surface area contributed by atoms with Gasteiger partial charge < -0.3 is 10.5 Å². The monoisotopic (exact) mass is 335 g/mol. The molecule has 2 atom stereocenters. The maximum Gasteiger partial charge on any atom is 0.137 e. The Morgan fingerprint density at radius 2 is 2.05 bits per heavy atom. The van der Waals surface area contributed by atoms with E-state index >= 15 is 0 Å². The molecule has 2 aromatic rings. The lowest BCUT2D eigenvalue weighted by molar-refractivity contribution is 0.161. The maximum absolute atomic E-state index is 13.6. The molecule has 2 aromatic carbocycles. The van der Waals surface area contributed by atoms with E-state index in [0.29, 0.717) is 10.9 Å². The van der Waals surface area contributed by atoms with Crippen LogP contribution < -0.4 is 10.5 Å². The van der Waals surface area contributed by atoms with Gasteiger partial charge in [-0.15, -0.1) is 0 Å². The first-order valence-electron chi connectivity index (χ1n) is 6.52. The van der Waals surface area contributed by atoms with Crippen molar-refractivity contribution in [3.8, 4) is 5.75 Å². The molecule has 104 valence electrons. The van der Waals surface area contributed by atoms with Gasteiger partial charge in [-0.25, -0.2) is 4.39 Å². The largest absolute Gasteiger partial charge is 0.485 e. The standard InChI is InChI=1S/C16H15BrFNO/c1-9-2-5-15-11(6-9)14(19)8-16(20-15)10-3-4-12(17)13(18)7-10/h2-7,14,16H,8,19H2,1H3/t14-,16?/m1/s1. The molecule has 1 heterocycles. The van der Waals surface area contributed by atoms with Gasteiger partial charge in [0.25, 0.3) is 0 Å². The molecule has 0 saturated heterocycles. The Morgan fingerprint density at radius 1 is 1.25 bits per heavy atom. The first kappa shape index (κ1) is 13.6. The minimum atomic E-state index is -0.283. The molecule has 2 nitrogen and oxygen atoms in total. The summed E-state index contributed by atoms with van der Waals surface area (Å²) < 4.78 is 20.1. The second-order valence-electron chi connectivity index (χ2n) is 5.16. The molecule has 4 heteroatoms. The van der Waals surface area contributed by atoms with E-state index in [1.165, 1.54) is 6.07 Å². The molecule has 0 radical (unpaired) electrons. The van der Waals surface area contributed by atoms with Gasteiger partial charge in [0.05, 0.1) is 4.47 Å². The number of benzene rings is 2. The predicted molar refractivity (Wildman–Crippen MR) is 80.2 cm³/mol. The molecule has 1 unspecified atom stereocenters. The zero-order valence-corrected chi connectivity index (χ0v) is 12.7. The van der Waals surface area contributed by atoms with E-state index in [1.54, 1.807) is 6.07 Å². The minimum absolute atomic E-state index is 0.0876. The first-order chi connectivity index (χ1) is 9.54. The summed E-state index contributed by atoms with van der Waals surface area (Å²) in [6, 6.07) is 11.0. The van der Waals surface area contributed by atoms with Gasteiger partial charge in [0, 0.05) is 18.0 Å². The number of hydrogen-bond acceptors (Lipinski definition) is 2. The van der Waals surface area contributed by atoms with Crippen LogP contribution in [0, 0.1) is 12.7 Å². The third kappa shape index (κ3) is 2.45. The Kier molecular flexibility index (Phi) is 3.52. The highest BCUT2D eigenvalue weighted by molar-refractivity contribution is 9.10. The van der Waals surface area contributed by atoms with Crippen molar-refractivity contribution < 1.29 is 9.13 Å². The van der Waals surface area contributed by atoms with Crippen LogP contribution in [0.4, 0.5) is 4.39 Å². The van der Waals surface area contributed by atoms with Crippen molar-refractivity contribution in [1.29, 1.82) is 0 Å². The van der Waals surface area contributed by atoms with Crippen LogP contribution in [0.25, 0.3) is 0 Å². The molecule has 1 aliphatic heterocycles. The topological polar surface area (TPSA) is 35.2 Å². The molecular weight excluding hydrogens is 321 g/mol. The normalized spacial score (nSPS) is 21.2. The molecular formula is C16H15BrFNO. The SMILES string of the molecule is Cc1ccc2c(c1)[C@H](N)CC(c1ccc(Br)c(F)c1)O2. The van der Waals surface area contributed by atoms with Crippen LogP contribution in [0.1, 0.15) is 35.3 Å². The van der Waals surface area contributed by atoms with E-state index < -0.39 is 0 Å². The number of ether oxygens (including phenoxy) is 1. The Hall–Kier alpha value is -1.39. The highest BCUT2D eigenvalue weighted by Gasteiger charge is 2.27. The Morgan fingerprint density at radius 3 is 2.80 bits per heavy atom. The summed E-state index contributed by atoms with van der Waals surface area (Å²) in [4.78, 5) is 0. The van der Waals surface area contributed by atoms with Crippen molar-refractivity contribution in [2.75, 3.05) is 0 Å². The fraction of sp³-hybridized carbons (Fsp3) is 0.250. The van der Waals surface area contributed by atoms with Crippen molar-refractivity contribution in [3.05, 3.63) is 63.4 Å². The van der Waals surface area contributed by atoms with Gasteiger partial charge in [0.15, 0.2) is 0 Å². The number of halogens is 2. The lowest BCUT2D eigenvalue weighted by Gasteiger charge is -2.31. The van der Waals surface area contributed by atoms with Gasteiger partial charge in [-0.2, -0.15) is 0 Å². The summed E-state index contributed by atoms with van der Waals surface area (Å²) >= 11 is 3.16. The van der Waals surface area contributed by atoms with Gasteiger partial charge in [0.1, 0.15) is 17.7 Å². The van der Waals surface area contributed by atoms with E-state index in [2.05, 4.69) is 22.0 Å². The van der Waals surface area contributed by atoms with Crippen LogP contribution in [0.2, 0.25) is 0 Å². The summed E-state index contributed by atoms with van der Waals surface area (Å²) in [6.07, 6.45) is 0.445. The van der Waals surface area contributed by atoms with Crippen molar-refractivity contribution in [2.24, 2.45) is 5.73 Å². The highest BCUT2D eigenvalue weighted by atomic mass is 79.9. The number of rotatable bonds is 1. The summed E-state index contributed by atoms with van der Waals surface area (Å²) in [5.41, 5.74) is 9.23. The van der Waals surface area contributed by atoms with E-state index in [4.69, 9.17) is 10.5 Å². The van der Waals surface area contributed by atoms with Crippen molar-refractivity contribution >= 4 is 15.9 Å². The van der Waals surface area contributed by atoms with Crippen molar-refractivity contribution in [3.63, 3.8) is 0 Å². The molecule has 0 spiro atoms. The lowest BCUT2D eigenvalue weighted by atomic mass is 9.92. The molecule has 0 aliphatic carbocycles. The van der Waals surface area contributed by atoms with Crippen LogP contribution in [-0.2, 0) is 0 Å². The zero-order chi connectivity index (χ0) is 14.3. The third-order valence-electron chi connectivity index (χ3n) is 3.62. The summed E-state index contributed by atoms with van der Waals surface area (Å²) in [5.74, 6) is 0.511. The maximum atomic E-state index is 13.6. The van der Waals surface area contributed by atoms with Crippen LogP contribution in [-0.4, -0.2) is 0 Å². The summed E-state index contributed by atoms with van der Waals surface area (Å²) in [6.45, 7) is 2.03. The van der Waals surface area contributed by atoms with Gasteiger partial charge >= 0.3 is 0 Å². The lowest BCUT2D eigenvalue weighted by Crippen LogP contribution is -2.24. The molecule has 0 bridgehead atoms. The van der Waals surface area contributed by atoms with Gasteiger partial charge in [-0.05, 0) is 46.6 Å². The molecule has 1 aliphatic rings. The quantitative estimate of drug-likeness (QED) is 0.837. The number of fused-ring (bicyclic) bond motifs is 1. The second kappa shape index (κ2) is 5.19. The van der Waals surface area contributed by atoms with Gasteiger partial charge in [0.2, 0.25) is 0 Å². The van der Waals surface area contributed by atoms with E-state index in [1.807, 2.05) is 25.1 Å². The molecule has 20 heavy (non-hydrogen) atoms. The molecule has 0 fully saturated rings. The number of hydrogen-bond donors (Lipinski definition) is 1. The smallest absolute Gasteiger partial charge is 0.137 e. The molecule has 2 N–H and O–H groups in total. The molecule has 3 rings (SSSR count). The highest BCUT2D eigenvalue weighted by Crippen LogP contribution is 2.40. The number of aryl methyl sites for hydroxylation is 1. The minimum Gasteiger partial charge on any atom is -0.485 e. The first-order valence-corrected chi connectivity index (χ1v) is 7.31. The zero-order valence-electron chi connectivity index (χ0n) is 11.1. The molecule has 0 aromatic heterocycles. The second-order valence-corrected chi connectivity index (χ2v) is 6.02. The Balaban J connectivity index is 1.94. The van der Waals surface area contributed by atoms with Gasteiger partial charge in [-0.3, -0.25) is 0 Å².